The molecule has 0 aliphatic rings. The monoisotopic (exact) mass is 694 g/mol. The molecule has 11 nitrogen and oxygen atoms in total. The highest BCUT2D eigenvalue weighted by molar-refractivity contribution is 14.1. The summed E-state index contributed by atoms with van der Waals surface area (Å²) in [7, 11) is 4.55. The minimum absolute atomic E-state index is 0.236. The fourth-order valence-corrected chi connectivity index (χ4v) is 4.38. The van der Waals surface area contributed by atoms with Crippen molar-refractivity contribution in [3.8, 4) is 23.0 Å². The molecular formula is C28H28ClIN4O7. The smallest absolute Gasteiger partial charge is 0.329 e. The third-order valence-corrected chi connectivity index (χ3v) is 6.51. The van der Waals surface area contributed by atoms with Gasteiger partial charge in [-0.3, -0.25) is 14.4 Å². The topological polar surface area (TPSA) is 137 Å². The van der Waals surface area contributed by atoms with Crippen molar-refractivity contribution in [1.82, 2.24) is 10.7 Å². The summed E-state index contributed by atoms with van der Waals surface area (Å²) in [6.07, 6.45) is 1.84. The van der Waals surface area contributed by atoms with Crippen LogP contribution >= 0.6 is 34.2 Å². The van der Waals surface area contributed by atoms with Gasteiger partial charge < -0.3 is 29.6 Å². The zero-order chi connectivity index (χ0) is 29.8. The number of hydrogen-bond acceptors (Lipinski definition) is 8. The molecule has 0 aliphatic carbocycles. The highest BCUT2D eigenvalue weighted by atomic mass is 127. The molecule has 0 saturated heterocycles. The second-order valence-electron chi connectivity index (χ2n) is 8.27. The van der Waals surface area contributed by atoms with Gasteiger partial charge in [0.05, 0.1) is 31.1 Å². The van der Waals surface area contributed by atoms with Gasteiger partial charge in [-0.05, 0) is 88.7 Å². The van der Waals surface area contributed by atoms with Gasteiger partial charge in [0.25, 0.3) is 5.91 Å². The fraction of sp³-hybridized carbons (Fsp3) is 0.214. The second kappa shape index (κ2) is 15.7. The number of hydrogen-bond donors (Lipinski definition) is 3. The summed E-state index contributed by atoms with van der Waals surface area (Å²) < 4.78 is 22.2. The molecule has 0 spiro atoms. The van der Waals surface area contributed by atoms with Crippen LogP contribution in [0.4, 0.5) is 5.69 Å². The molecule has 3 rings (SSSR count). The van der Waals surface area contributed by atoms with Gasteiger partial charge in [-0.1, -0.05) is 17.7 Å². The van der Waals surface area contributed by atoms with Gasteiger partial charge in [-0.25, -0.2) is 5.43 Å². The maximum atomic E-state index is 12.3. The van der Waals surface area contributed by atoms with Crippen LogP contribution in [0.25, 0.3) is 0 Å². The zero-order valence-corrected chi connectivity index (χ0v) is 25.4. The molecule has 0 aromatic heterocycles. The van der Waals surface area contributed by atoms with Gasteiger partial charge in [-0.15, -0.1) is 0 Å². The van der Waals surface area contributed by atoms with Crippen LogP contribution in [0, 0.1) is 3.57 Å². The Bertz CT molecular complexity index is 1420. The lowest BCUT2D eigenvalue weighted by molar-refractivity contribution is -0.139. The summed E-state index contributed by atoms with van der Waals surface area (Å²) in [6.45, 7) is -0.0143. The van der Waals surface area contributed by atoms with E-state index in [0.29, 0.717) is 49.3 Å². The van der Waals surface area contributed by atoms with Crippen LogP contribution < -0.4 is 35.0 Å². The fourth-order valence-electron chi connectivity index (χ4n) is 3.48. The Hall–Kier alpha value is -4.04. The predicted molar refractivity (Wildman–Crippen MR) is 163 cm³/mol. The maximum absolute atomic E-state index is 12.3. The van der Waals surface area contributed by atoms with E-state index in [-0.39, 0.29) is 19.1 Å². The first-order valence-electron chi connectivity index (χ1n) is 12.1. The van der Waals surface area contributed by atoms with E-state index in [1.807, 2.05) is 28.7 Å². The molecule has 3 aromatic carbocycles. The molecule has 0 unspecified atom stereocenters. The zero-order valence-electron chi connectivity index (χ0n) is 22.5. The van der Waals surface area contributed by atoms with Crippen molar-refractivity contribution in [3.63, 3.8) is 0 Å². The lowest BCUT2D eigenvalue weighted by atomic mass is 10.1. The quantitative estimate of drug-likeness (QED) is 0.114. The summed E-state index contributed by atoms with van der Waals surface area (Å²) in [6, 6.07) is 15.5. The van der Waals surface area contributed by atoms with Crippen molar-refractivity contribution in [3.05, 3.63) is 74.3 Å². The van der Waals surface area contributed by atoms with Crippen LogP contribution in [-0.4, -0.2) is 58.4 Å². The van der Waals surface area contributed by atoms with Crippen LogP contribution in [0.1, 0.15) is 11.1 Å². The average molecular weight is 695 g/mol. The highest BCUT2D eigenvalue weighted by Crippen LogP contribution is 2.33. The largest absolute Gasteiger partial charge is 0.493 e. The third kappa shape index (κ3) is 9.53. The SMILES string of the molecule is COc1ccc(CCNC(=O)C(=O)N/N=C\c2cc(I)c(OCC(=O)Nc3ccc(Cl)cc3)c(OC)c2)cc1OC. The van der Waals surface area contributed by atoms with Crippen LogP contribution in [0.15, 0.2) is 59.7 Å². The van der Waals surface area contributed by atoms with Crippen molar-refractivity contribution in [1.29, 1.82) is 0 Å². The Labute approximate surface area is 255 Å². The molecule has 0 heterocycles. The van der Waals surface area contributed by atoms with Crippen molar-refractivity contribution >= 4 is 63.8 Å². The summed E-state index contributed by atoms with van der Waals surface area (Å²) in [5.41, 5.74) is 4.26. The van der Waals surface area contributed by atoms with Gasteiger partial charge >= 0.3 is 11.8 Å². The van der Waals surface area contributed by atoms with E-state index in [1.54, 1.807) is 62.8 Å². The number of carbonyl (C=O) groups is 3. The van der Waals surface area contributed by atoms with E-state index in [0.717, 1.165) is 5.56 Å². The molecule has 0 atom stereocenters. The average Bonchev–Trinajstić information content (AvgIpc) is 2.97. The normalized spacial score (nSPS) is 10.6. The molecule has 3 amide bonds. The lowest BCUT2D eigenvalue weighted by Crippen LogP contribution is -2.38. The molecule has 3 aromatic rings. The van der Waals surface area contributed by atoms with Crippen LogP contribution in [-0.2, 0) is 20.8 Å². The first-order chi connectivity index (χ1) is 19.7. The Morgan fingerprint density at radius 2 is 1.61 bits per heavy atom. The van der Waals surface area contributed by atoms with Crippen LogP contribution in [0.5, 0.6) is 23.0 Å². The van der Waals surface area contributed by atoms with E-state index in [4.69, 9.17) is 30.5 Å². The highest BCUT2D eigenvalue weighted by Gasteiger charge is 2.15. The number of hydrazone groups is 1. The van der Waals surface area contributed by atoms with Crippen molar-refractivity contribution < 1.29 is 33.3 Å². The van der Waals surface area contributed by atoms with Gasteiger partial charge in [0.2, 0.25) is 0 Å². The minimum atomic E-state index is -0.915. The number of rotatable bonds is 12. The van der Waals surface area contributed by atoms with Crippen molar-refractivity contribution in [2.75, 3.05) is 39.8 Å². The third-order valence-electron chi connectivity index (χ3n) is 5.46. The molecule has 3 N–H and O–H groups in total. The number of anilines is 1. The Morgan fingerprint density at radius 1 is 0.902 bits per heavy atom. The molecule has 216 valence electrons. The van der Waals surface area contributed by atoms with Gasteiger partial charge in [0, 0.05) is 17.3 Å². The molecular weight excluding hydrogens is 667 g/mol. The van der Waals surface area contributed by atoms with E-state index in [2.05, 4.69) is 21.2 Å². The summed E-state index contributed by atoms with van der Waals surface area (Å²) >= 11 is 7.89. The Morgan fingerprint density at radius 3 is 2.29 bits per heavy atom. The second-order valence-corrected chi connectivity index (χ2v) is 9.87. The summed E-state index contributed by atoms with van der Waals surface area (Å²) in [5.74, 6) is -0.192. The Kier molecular flexibility index (Phi) is 12.0. The van der Waals surface area contributed by atoms with Gasteiger partial charge in [0.1, 0.15) is 0 Å². The molecule has 0 bridgehead atoms. The standard InChI is InChI=1S/C28H28ClIN4O7/c1-38-22-9-4-17(13-23(22)39-2)10-11-31-27(36)28(37)34-32-15-18-12-21(30)26(24(14-18)40-3)41-16-25(35)33-20-7-5-19(29)6-8-20/h4-9,12-15H,10-11,16H2,1-3H3,(H,31,36)(H,33,35)(H,34,37)/b32-15-. The van der Waals surface area contributed by atoms with Crippen molar-refractivity contribution in [2.45, 2.75) is 6.42 Å². The summed E-state index contributed by atoms with van der Waals surface area (Å²) in [4.78, 5) is 36.6. The summed E-state index contributed by atoms with van der Waals surface area (Å²) in [5, 5.41) is 9.68. The van der Waals surface area contributed by atoms with E-state index in [1.165, 1.54) is 13.3 Å². The molecule has 0 radical (unpaired) electrons. The number of carbonyl (C=O) groups excluding carboxylic acids is 3. The minimum Gasteiger partial charge on any atom is -0.493 e. The molecule has 0 fully saturated rings. The number of halogens is 2. The number of ether oxygens (including phenoxy) is 4. The predicted octanol–water partition coefficient (Wildman–Crippen LogP) is 3.80. The van der Waals surface area contributed by atoms with E-state index < -0.39 is 11.8 Å². The number of nitrogens with one attached hydrogen (secondary N) is 3. The number of nitrogens with zero attached hydrogens (tertiary/aromatic N) is 1. The maximum Gasteiger partial charge on any atom is 0.329 e. The van der Waals surface area contributed by atoms with Crippen LogP contribution in [0.3, 0.4) is 0 Å². The molecule has 0 saturated carbocycles. The number of benzene rings is 3. The van der Waals surface area contributed by atoms with Crippen LogP contribution in [0.2, 0.25) is 5.02 Å². The Balaban J connectivity index is 1.49. The molecule has 41 heavy (non-hydrogen) atoms. The van der Waals surface area contributed by atoms with Gasteiger partial charge in [0.15, 0.2) is 29.6 Å². The molecule has 0 aliphatic heterocycles. The molecule has 13 heteroatoms. The number of methoxy groups -OCH3 is 3. The lowest BCUT2D eigenvalue weighted by Gasteiger charge is -2.13. The first kappa shape index (κ1) is 31.5. The van der Waals surface area contributed by atoms with Gasteiger partial charge in [-0.2, -0.15) is 5.10 Å². The first-order valence-corrected chi connectivity index (χ1v) is 13.6. The number of amides is 3. The van der Waals surface area contributed by atoms with E-state index >= 15 is 0 Å². The van der Waals surface area contributed by atoms with E-state index in [9.17, 15) is 14.4 Å². The van der Waals surface area contributed by atoms with Crippen molar-refractivity contribution in [2.24, 2.45) is 5.10 Å².